The lowest BCUT2D eigenvalue weighted by molar-refractivity contribution is 0.0341. The van der Waals surface area contributed by atoms with Gasteiger partial charge in [0.1, 0.15) is 23.4 Å². The lowest BCUT2D eigenvalue weighted by atomic mass is 9.99. The van der Waals surface area contributed by atoms with Crippen LogP contribution in [0.2, 0.25) is 0 Å². The van der Waals surface area contributed by atoms with Crippen LogP contribution in [0.4, 0.5) is 10.5 Å². The molecule has 3 atom stereocenters. The Morgan fingerprint density at radius 2 is 1.76 bits per heavy atom. The van der Waals surface area contributed by atoms with Gasteiger partial charge in [0.15, 0.2) is 0 Å². The number of nitrogens with one attached hydrogen (secondary N) is 2. The molecule has 0 radical (unpaired) electrons. The third-order valence-corrected chi connectivity index (χ3v) is 7.19. The summed E-state index contributed by atoms with van der Waals surface area (Å²) in [5.74, 6) is 1.78. The Labute approximate surface area is 248 Å². The van der Waals surface area contributed by atoms with Gasteiger partial charge < -0.3 is 30.1 Å². The third-order valence-electron chi connectivity index (χ3n) is 7.19. The minimum Gasteiger partial charge on any atom is -0.488 e. The number of rotatable bonds is 10. The number of urea groups is 1. The molecule has 3 aromatic rings. The largest absolute Gasteiger partial charge is 0.488 e. The lowest BCUT2D eigenvalue weighted by Crippen LogP contribution is -2.49. The van der Waals surface area contributed by atoms with Crippen molar-refractivity contribution in [2.75, 3.05) is 32.1 Å². The molecule has 9 nitrogen and oxygen atoms in total. The van der Waals surface area contributed by atoms with E-state index in [0.717, 1.165) is 17.1 Å². The average molecular weight is 575 g/mol. The smallest absolute Gasteiger partial charge is 0.319 e. The molecule has 1 aliphatic rings. The number of fused-ring (bicyclic) bond motifs is 1. The first-order valence-electron chi connectivity index (χ1n) is 14.4. The second-order valence-corrected chi connectivity index (χ2v) is 11.3. The number of anilines is 1. The van der Waals surface area contributed by atoms with Crippen LogP contribution in [0.5, 0.6) is 17.2 Å². The number of hydrogen-bond donors (Lipinski definition) is 3. The predicted octanol–water partition coefficient (Wildman–Crippen LogP) is 5.36. The second-order valence-electron chi connectivity index (χ2n) is 11.3. The van der Waals surface area contributed by atoms with Gasteiger partial charge in [0.05, 0.1) is 18.2 Å². The summed E-state index contributed by atoms with van der Waals surface area (Å²) in [6, 6.07) is 22.1. The number of benzene rings is 3. The van der Waals surface area contributed by atoms with Gasteiger partial charge in [-0.05, 0) is 75.8 Å². The minimum atomic E-state index is -0.373. The summed E-state index contributed by atoms with van der Waals surface area (Å²) in [6.45, 7) is 9.24. The van der Waals surface area contributed by atoms with E-state index in [1.165, 1.54) is 0 Å². The quantitative estimate of drug-likeness (QED) is 0.301. The van der Waals surface area contributed by atoms with E-state index in [1.807, 2.05) is 70.3 Å². The molecule has 3 N–H and O–H groups in total. The third kappa shape index (κ3) is 8.24. The Hall–Kier alpha value is -4.08. The normalized spacial score (nSPS) is 17.6. The number of aliphatic hydroxyl groups excluding tert-OH is 1. The number of likely N-dealkylation sites (N-methyl/N-ethyl adjacent to an activating group) is 1. The van der Waals surface area contributed by atoms with Crippen LogP contribution < -0.4 is 20.1 Å². The Morgan fingerprint density at radius 1 is 1.07 bits per heavy atom. The number of amides is 3. The fraction of sp³-hybridized carbons (Fsp3) is 0.394. The standard InChI is InChI=1S/C33H42N4O5/c1-22(2)34-33(40)35-26-13-16-30-29(17-26)32(39)37(24(4)21-38)18-23(3)31(42-30)20-36(5)19-25-11-14-28(15-12-25)41-27-9-7-6-8-10-27/h6-17,22-24,31,38H,18-21H2,1-5H3,(H2,34,35,40)/t23-,24-,31-/m0/s1. The van der Waals surface area contributed by atoms with E-state index < -0.39 is 0 Å². The van der Waals surface area contributed by atoms with Crippen LogP contribution in [0.25, 0.3) is 0 Å². The van der Waals surface area contributed by atoms with Crippen molar-refractivity contribution in [2.45, 2.75) is 52.4 Å². The first kappa shape index (κ1) is 30.9. The molecular weight excluding hydrogens is 532 g/mol. The van der Waals surface area contributed by atoms with Crippen molar-refractivity contribution >= 4 is 17.6 Å². The maximum Gasteiger partial charge on any atom is 0.319 e. The van der Waals surface area contributed by atoms with Crippen molar-refractivity contribution in [1.29, 1.82) is 0 Å². The van der Waals surface area contributed by atoms with Gasteiger partial charge in [0, 0.05) is 37.3 Å². The monoisotopic (exact) mass is 574 g/mol. The highest BCUT2D eigenvalue weighted by Crippen LogP contribution is 2.31. The number of hydrogen-bond acceptors (Lipinski definition) is 6. The molecule has 0 aliphatic carbocycles. The van der Waals surface area contributed by atoms with Crippen LogP contribution in [-0.2, 0) is 6.54 Å². The topological polar surface area (TPSA) is 103 Å². The van der Waals surface area contributed by atoms with E-state index in [0.29, 0.717) is 36.6 Å². The molecule has 3 amide bonds. The fourth-order valence-corrected chi connectivity index (χ4v) is 4.92. The maximum absolute atomic E-state index is 13.6. The van der Waals surface area contributed by atoms with Crippen molar-refractivity contribution in [3.8, 4) is 17.2 Å². The molecule has 4 rings (SSSR count). The lowest BCUT2D eigenvalue weighted by Gasteiger charge is -2.38. The summed E-state index contributed by atoms with van der Waals surface area (Å²) in [5.41, 5.74) is 1.98. The van der Waals surface area contributed by atoms with Gasteiger partial charge in [-0.15, -0.1) is 0 Å². The van der Waals surface area contributed by atoms with Crippen LogP contribution in [0.15, 0.2) is 72.8 Å². The Bertz CT molecular complexity index is 1330. The molecule has 0 spiro atoms. The van der Waals surface area contributed by atoms with Crippen LogP contribution in [-0.4, -0.2) is 71.8 Å². The zero-order valence-corrected chi connectivity index (χ0v) is 25.0. The Kier molecular flexibility index (Phi) is 10.4. The summed E-state index contributed by atoms with van der Waals surface area (Å²) in [5, 5.41) is 15.5. The Balaban J connectivity index is 1.49. The van der Waals surface area contributed by atoms with Crippen LogP contribution in [0.1, 0.15) is 43.6 Å². The number of para-hydroxylation sites is 1. The van der Waals surface area contributed by atoms with Crippen LogP contribution >= 0.6 is 0 Å². The average Bonchev–Trinajstić information content (AvgIpc) is 2.96. The zero-order valence-electron chi connectivity index (χ0n) is 25.0. The highest BCUT2D eigenvalue weighted by Gasteiger charge is 2.33. The van der Waals surface area contributed by atoms with E-state index in [9.17, 15) is 14.7 Å². The van der Waals surface area contributed by atoms with E-state index in [1.54, 1.807) is 23.1 Å². The molecule has 0 saturated carbocycles. The van der Waals surface area contributed by atoms with Crippen LogP contribution in [0.3, 0.4) is 0 Å². The summed E-state index contributed by atoms with van der Waals surface area (Å²) in [6.07, 6.45) is -0.223. The van der Waals surface area contributed by atoms with Crippen molar-refractivity contribution in [2.24, 2.45) is 5.92 Å². The molecule has 1 heterocycles. The summed E-state index contributed by atoms with van der Waals surface area (Å²) in [4.78, 5) is 29.8. The molecular formula is C33H42N4O5. The number of nitrogens with zero attached hydrogens (tertiary/aromatic N) is 2. The van der Waals surface area contributed by atoms with Gasteiger partial charge in [-0.1, -0.05) is 37.3 Å². The zero-order chi connectivity index (χ0) is 30.2. The molecule has 9 heteroatoms. The summed E-state index contributed by atoms with van der Waals surface area (Å²) in [7, 11) is 2.05. The first-order chi connectivity index (χ1) is 20.1. The highest BCUT2D eigenvalue weighted by atomic mass is 16.5. The summed E-state index contributed by atoms with van der Waals surface area (Å²) < 4.78 is 12.4. The molecule has 0 unspecified atom stereocenters. The first-order valence-corrected chi connectivity index (χ1v) is 14.4. The number of carbonyl (C=O) groups excluding carboxylic acids is 2. The van der Waals surface area contributed by atoms with E-state index in [-0.39, 0.29) is 42.7 Å². The van der Waals surface area contributed by atoms with Gasteiger partial charge in [0.25, 0.3) is 5.91 Å². The molecule has 0 fully saturated rings. The molecule has 0 bridgehead atoms. The molecule has 224 valence electrons. The van der Waals surface area contributed by atoms with E-state index in [2.05, 4.69) is 34.6 Å². The second kappa shape index (κ2) is 14.2. The maximum atomic E-state index is 13.6. The van der Waals surface area contributed by atoms with E-state index in [4.69, 9.17) is 9.47 Å². The molecule has 3 aromatic carbocycles. The van der Waals surface area contributed by atoms with Crippen molar-refractivity contribution in [3.05, 3.63) is 83.9 Å². The molecule has 0 saturated heterocycles. The molecule has 42 heavy (non-hydrogen) atoms. The summed E-state index contributed by atoms with van der Waals surface area (Å²) >= 11 is 0. The molecule has 1 aliphatic heterocycles. The van der Waals surface area contributed by atoms with Gasteiger partial charge in [-0.3, -0.25) is 9.69 Å². The fourth-order valence-electron chi connectivity index (χ4n) is 4.92. The minimum absolute atomic E-state index is 0.00480. The number of ether oxygens (including phenoxy) is 2. The van der Waals surface area contributed by atoms with E-state index >= 15 is 0 Å². The van der Waals surface area contributed by atoms with Gasteiger partial charge in [-0.2, -0.15) is 0 Å². The molecule has 0 aromatic heterocycles. The SMILES string of the molecule is CC(C)NC(=O)Nc1ccc2c(c1)C(=O)N([C@@H](C)CO)C[C@H](C)[C@H](CN(C)Cc1ccc(Oc3ccccc3)cc1)O2. The Morgan fingerprint density at radius 3 is 2.43 bits per heavy atom. The van der Waals surface area contributed by atoms with Crippen LogP contribution in [0, 0.1) is 5.92 Å². The number of aliphatic hydroxyl groups is 1. The van der Waals surface area contributed by atoms with Gasteiger partial charge in [0.2, 0.25) is 0 Å². The van der Waals surface area contributed by atoms with Crippen molar-refractivity contribution in [3.63, 3.8) is 0 Å². The number of carbonyl (C=O) groups is 2. The highest BCUT2D eigenvalue weighted by molar-refractivity contribution is 5.99. The van der Waals surface area contributed by atoms with Crippen molar-refractivity contribution < 1.29 is 24.2 Å². The van der Waals surface area contributed by atoms with Gasteiger partial charge in [-0.25, -0.2) is 4.79 Å². The predicted molar refractivity (Wildman–Crippen MR) is 164 cm³/mol. The van der Waals surface area contributed by atoms with Gasteiger partial charge >= 0.3 is 6.03 Å². The van der Waals surface area contributed by atoms with Crippen molar-refractivity contribution in [1.82, 2.24) is 15.1 Å².